The first kappa shape index (κ1) is 17.3. The fourth-order valence-corrected chi connectivity index (χ4v) is 2.81. The zero-order valence-corrected chi connectivity index (χ0v) is 13.9. The summed E-state index contributed by atoms with van der Waals surface area (Å²) in [5, 5.41) is -0.426. The highest BCUT2D eigenvalue weighted by molar-refractivity contribution is 8.00. The molecular weight excluding hydrogens is 318 g/mol. The van der Waals surface area contributed by atoms with Gasteiger partial charge in [-0.05, 0) is 18.6 Å². The van der Waals surface area contributed by atoms with E-state index in [-0.39, 0.29) is 6.42 Å². The lowest BCUT2D eigenvalue weighted by Crippen LogP contribution is -2.23. The molecule has 0 bridgehead atoms. The van der Waals surface area contributed by atoms with Gasteiger partial charge in [-0.2, -0.15) is 0 Å². The number of carbonyl (C=O) groups excluding carboxylic acids is 2. The fourth-order valence-electron chi connectivity index (χ4n) is 1.87. The van der Waals surface area contributed by atoms with Gasteiger partial charge in [0.15, 0.2) is 5.58 Å². The fraction of sp³-hybridized carbons (Fsp3) is 0.438. The molecule has 0 saturated carbocycles. The number of fused-ring (bicyclic) bond motifs is 1. The maximum atomic E-state index is 11.9. The molecule has 124 valence electrons. The van der Waals surface area contributed by atoms with Crippen LogP contribution < -0.4 is 0 Å². The normalized spacial score (nSPS) is 12.1. The lowest BCUT2D eigenvalue weighted by molar-refractivity contribution is -0.148. The number of rotatable bonds is 8. The summed E-state index contributed by atoms with van der Waals surface area (Å²) in [6, 6.07) is 7.29. The molecule has 23 heavy (non-hydrogen) atoms. The van der Waals surface area contributed by atoms with Gasteiger partial charge in [0.05, 0.1) is 20.1 Å². The van der Waals surface area contributed by atoms with Crippen LogP contribution in [0.25, 0.3) is 11.1 Å². The van der Waals surface area contributed by atoms with E-state index in [1.807, 2.05) is 25.1 Å². The molecule has 1 atom stereocenters. The highest BCUT2D eigenvalue weighted by atomic mass is 32.2. The van der Waals surface area contributed by atoms with E-state index in [1.165, 1.54) is 7.11 Å². The number of esters is 2. The molecule has 1 unspecified atom stereocenters. The van der Waals surface area contributed by atoms with Crippen LogP contribution >= 0.6 is 11.8 Å². The summed E-state index contributed by atoms with van der Waals surface area (Å²) in [6.45, 7) is 2.37. The van der Waals surface area contributed by atoms with Gasteiger partial charge in [0, 0.05) is 0 Å². The molecule has 0 amide bonds. The number of oxazole rings is 1. The van der Waals surface area contributed by atoms with E-state index in [4.69, 9.17) is 13.9 Å². The Bertz CT molecular complexity index is 636. The van der Waals surface area contributed by atoms with Crippen molar-refractivity contribution in [2.45, 2.75) is 36.7 Å². The Labute approximate surface area is 138 Å². The molecule has 1 heterocycles. The van der Waals surface area contributed by atoms with Gasteiger partial charge in [0.1, 0.15) is 10.8 Å². The first-order valence-corrected chi connectivity index (χ1v) is 8.27. The first-order chi connectivity index (χ1) is 11.1. The largest absolute Gasteiger partial charge is 0.468 e. The van der Waals surface area contributed by atoms with Crippen LogP contribution in [0.1, 0.15) is 26.2 Å². The molecule has 1 aromatic heterocycles. The van der Waals surface area contributed by atoms with Gasteiger partial charge >= 0.3 is 11.9 Å². The van der Waals surface area contributed by atoms with Crippen LogP contribution in [0.2, 0.25) is 0 Å². The summed E-state index contributed by atoms with van der Waals surface area (Å²) < 4.78 is 15.4. The molecule has 1 aromatic carbocycles. The Morgan fingerprint density at radius 2 is 2.13 bits per heavy atom. The highest BCUT2D eigenvalue weighted by Crippen LogP contribution is 2.29. The van der Waals surface area contributed by atoms with Crippen molar-refractivity contribution in [3.05, 3.63) is 24.3 Å². The Morgan fingerprint density at radius 1 is 1.35 bits per heavy atom. The monoisotopic (exact) mass is 337 g/mol. The summed E-state index contributed by atoms with van der Waals surface area (Å²) in [5.74, 6) is -0.942. The van der Waals surface area contributed by atoms with Gasteiger partial charge in [0.2, 0.25) is 0 Å². The van der Waals surface area contributed by atoms with E-state index < -0.39 is 17.2 Å². The third-order valence-corrected chi connectivity index (χ3v) is 4.11. The van der Waals surface area contributed by atoms with E-state index in [0.717, 1.165) is 24.6 Å². The van der Waals surface area contributed by atoms with Crippen molar-refractivity contribution in [2.24, 2.45) is 0 Å². The molecule has 0 N–H and O–H groups in total. The van der Waals surface area contributed by atoms with Crippen molar-refractivity contribution in [3.63, 3.8) is 0 Å². The topological polar surface area (TPSA) is 78.6 Å². The van der Waals surface area contributed by atoms with E-state index in [9.17, 15) is 9.59 Å². The number of ether oxygens (including phenoxy) is 2. The summed E-state index contributed by atoms with van der Waals surface area (Å²) in [4.78, 5) is 28.0. The molecule has 0 saturated heterocycles. The lowest BCUT2D eigenvalue weighted by Gasteiger charge is -2.11. The van der Waals surface area contributed by atoms with E-state index >= 15 is 0 Å². The summed E-state index contributed by atoms with van der Waals surface area (Å²) in [6.07, 6.45) is 1.65. The van der Waals surface area contributed by atoms with Gasteiger partial charge in [0.25, 0.3) is 5.22 Å². The summed E-state index contributed by atoms with van der Waals surface area (Å²) in [7, 11) is 1.28. The molecule has 7 heteroatoms. The quantitative estimate of drug-likeness (QED) is 0.416. The molecule has 2 aromatic rings. The Hall–Kier alpha value is -2.02. The first-order valence-electron chi connectivity index (χ1n) is 7.39. The Kier molecular flexibility index (Phi) is 6.46. The minimum absolute atomic E-state index is 0.0836. The Balaban J connectivity index is 2.03. The molecule has 0 fully saturated rings. The summed E-state index contributed by atoms with van der Waals surface area (Å²) in [5.41, 5.74) is 1.33. The number of unbranched alkanes of at least 4 members (excludes halogenated alkanes) is 1. The number of para-hydroxylation sites is 2. The standard InChI is InChI=1S/C16H19NO5S/c1-3-4-9-21-14(18)10-13(15(19)20-2)23-16-17-11-7-5-6-8-12(11)22-16/h5-8,13H,3-4,9-10H2,1-2H3. The van der Waals surface area contributed by atoms with Crippen LogP contribution in [-0.2, 0) is 19.1 Å². The smallest absolute Gasteiger partial charge is 0.319 e. The second-order valence-electron chi connectivity index (χ2n) is 4.86. The van der Waals surface area contributed by atoms with Crippen molar-refractivity contribution >= 4 is 34.8 Å². The zero-order chi connectivity index (χ0) is 16.7. The van der Waals surface area contributed by atoms with Crippen LogP contribution in [0.4, 0.5) is 0 Å². The molecule has 0 aliphatic rings. The van der Waals surface area contributed by atoms with Crippen LogP contribution in [-0.4, -0.2) is 35.9 Å². The minimum Gasteiger partial charge on any atom is -0.468 e. The summed E-state index contributed by atoms with van der Waals surface area (Å²) >= 11 is 1.06. The second kappa shape index (κ2) is 8.57. The van der Waals surface area contributed by atoms with E-state index in [2.05, 4.69) is 4.98 Å². The van der Waals surface area contributed by atoms with Crippen LogP contribution in [0.5, 0.6) is 0 Å². The van der Waals surface area contributed by atoms with Gasteiger partial charge in [-0.3, -0.25) is 9.59 Å². The number of benzene rings is 1. The Morgan fingerprint density at radius 3 is 2.83 bits per heavy atom. The highest BCUT2D eigenvalue weighted by Gasteiger charge is 2.27. The van der Waals surface area contributed by atoms with Crippen LogP contribution in [0.3, 0.4) is 0 Å². The number of methoxy groups -OCH3 is 1. The number of aromatic nitrogens is 1. The third kappa shape index (κ3) is 4.99. The zero-order valence-electron chi connectivity index (χ0n) is 13.1. The number of thioether (sulfide) groups is 1. The second-order valence-corrected chi connectivity index (χ2v) is 6.01. The molecule has 2 rings (SSSR count). The number of carbonyl (C=O) groups is 2. The van der Waals surface area contributed by atoms with Crippen molar-refractivity contribution in [2.75, 3.05) is 13.7 Å². The minimum atomic E-state index is -0.748. The maximum absolute atomic E-state index is 11.9. The molecule has 0 aliphatic carbocycles. The molecular formula is C16H19NO5S. The number of hydrogen-bond acceptors (Lipinski definition) is 7. The SMILES string of the molecule is CCCCOC(=O)CC(Sc1nc2ccccc2o1)C(=O)OC. The van der Waals surface area contributed by atoms with Crippen LogP contribution in [0, 0.1) is 0 Å². The third-order valence-electron chi connectivity index (χ3n) is 3.09. The average Bonchev–Trinajstić information content (AvgIpc) is 2.96. The lowest BCUT2D eigenvalue weighted by atomic mass is 10.3. The predicted molar refractivity (Wildman–Crippen MR) is 86.2 cm³/mol. The van der Waals surface area contributed by atoms with Crippen molar-refractivity contribution < 1.29 is 23.5 Å². The van der Waals surface area contributed by atoms with Gasteiger partial charge in [-0.25, -0.2) is 4.98 Å². The molecule has 6 nitrogen and oxygen atoms in total. The number of hydrogen-bond donors (Lipinski definition) is 0. The number of nitrogens with zero attached hydrogens (tertiary/aromatic N) is 1. The van der Waals surface area contributed by atoms with Crippen LogP contribution in [0.15, 0.2) is 33.9 Å². The molecule has 0 spiro atoms. The van der Waals surface area contributed by atoms with Gasteiger partial charge < -0.3 is 13.9 Å². The maximum Gasteiger partial charge on any atom is 0.319 e. The average molecular weight is 337 g/mol. The van der Waals surface area contributed by atoms with E-state index in [1.54, 1.807) is 6.07 Å². The molecule has 0 aliphatic heterocycles. The van der Waals surface area contributed by atoms with Crippen molar-refractivity contribution in [1.82, 2.24) is 4.98 Å². The van der Waals surface area contributed by atoms with Gasteiger partial charge in [-0.15, -0.1) is 0 Å². The van der Waals surface area contributed by atoms with E-state index in [0.29, 0.717) is 22.9 Å². The van der Waals surface area contributed by atoms with Gasteiger partial charge in [-0.1, -0.05) is 37.2 Å². The van der Waals surface area contributed by atoms with Crippen molar-refractivity contribution in [1.29, 1.82) is 0 Å². The predicted octanol–water partition coefficient (Wildman–Crippen LogP) is 3.19. The van der Waals surface area contributed by atoms with Crippen molar-refractivity contribution in [3.8, 4) is 0 Å². The molecule has 0 radical (unpaired) electrons.